The fourth-order valence-electron chi connectivity index (χ4n) is 2.69. The lowest BCUT2D eigenvalue weighted by Crippen LogP contribution is -2.54. The largest absolute Gasteiger partial charge is 0.542 e. The Morgan fingerprint density at radius 1 is 0.964 bits per heavy atom. The maximum Gasteiger partial charge on any atom is 0.309 e. The SMILES string of the molecule is CCOc1cc(C[C@H](N[Si](C)(C)C)C(=O)O[Si](C)(C)C)ccc1O[Si](C)(C)C. The zero-order valence-corrected chi connectivity index (χ0v) is 22.4. The van der Waals surface area contributed by atoms with Crippen molar-refractivity contribution in [3.05, 3.63) is 23.8 Å². The van der Waals surface area contributed by atoms with Gasteiger partial charge in [-0.1, -0.05) is 25.7 Å². The molecule has 0 aromatic heterocycles. The number of benzene rings is 1. The lowest BCUT2D eigenvalue weighted by molar-refractivity contribution is -0.137. The van der Waals surface area contributed by atoms with Crippen molar-refractivity contribution in [1.82, 2.24) is 4.98 Å². The summed E-state index contributed by atoms with van der Waals surface area (Å²) in [4.78, 5) is 16.4. The summed E-state index contributed by atoms with van der Waals surface area (Å²) in [6.07, 6.45) is 0.570. The first kappa shape index (κ1) is 24.9. The topological polar surface area (TPSA) is 56.8 Å². The van der Waals surface area contributed by atoms with Crippen molar-refractivity contribution in [2.24, 2.45) is 0 Å². The van der Waals surface area contributed by atoms with Crippen LogP contribution in [0.1, 0.15) is 12.5 Å². The van der Waals surface area contributed by atoms with Crippen molar-refractivity contribution in [2.45, 2.75) is 78.3 Å². The van der Waals surface area contributed by atoms with E-state index in [2.05, 4.69) is 44.3 Å². The van der Waals surface area contributed by atoms with Crippen LogP contribution in [0.5, 0.6) is 11.5 Å². The Hall–Kier alpha value is -1.10. The number of hydrogen-bond donors (Lipinski definition) is 1. The fourth-order valence-corrected chi connectivity index (χ4v) is 5.53. The molecule has 160 valence electrons. The first-order valence-electron chi connectivity index (χ1n) is 10.0. The average molecular weight is 442 g/mol. The molecule has 0 heterocycles. The molecule has 0 aliphatic carbocycles. The number of nitrogens with one attached hydrogen (secondary N) is 1. The molecular weight excluding hydrogens is 402 g/mol. The molecule has 0 bridgehead atoms. The van der Waals surface area contributed by atoms with Crippen LogP contribution in [-0.4, -0.2) is 43.5 Å². The van der Waals surface area contributed by atoms with Crippen LogP contribution in [0.3, 0.4) is 0 Å². The molecule has 0 amide bonds. The van der Waals surface area contributed by atoms with Gasteiger partial charge in [-0.2, -0.15) is 0 Å². The Labute approximate surface area is 174 Å². The number of carbonyl (C=O) groups excluding carboxylic acids is 1. The highest BCUT2D eigenvalue weighted by molar-refractivity contribution is 6.74. The van der Waals surface area contributed by atoms with E-state index in [1.807, 2.05) is 44.8 Å². The minimum absolute atomic E-state index is 0.151. The van der Waals surface area contributed by atoms with E-state index in [-0.39, 0.29) is 12.0 Å². The van der Waals surface area contributed by atoms with Crippen LogP contribution >= 0.6 is 0 Å². The van der Waals surface area contributed by atoms with E-state index in [1.54, 1.807) is 0 Å². The summed E-state index contributed by atoms with van der Waals surface area (Å²) in [5.41, 5.74) is 1.04. The molecule has 8 heteroatoms. The van der Waals surface area contributed by atoms with Crippen LogP contribution in [-0.2, 0) is 15.6 Å². The van der Waals surface area contributed by atoms with Crippen molar-refractivity contribution in [1.29, 1.82) is 0 Å². The maximum absolute atomic E-state index is 12.8. The van der Waals surface area contributed by atoms with Gasteiger partial charge in [0.05, 0.1) is 6.61 Å². The second-order valence-electron chi connectivity index (χ2n) is 10.1. The third-order valence-corrected chi connectivity index (χ3v) is 6.32. The van der Waals surface area contributed by atoms with Gasteiger partial charge in [0.2, 0.25) is 16.6 Å². The van der Waals surface area contributed by atoms with Gasteiger partial charge in [0.25, 0.3) is 0 Å². The molecule has 1 rings (SSSR count). The predicted octanol–water partition coefficient (Wildman–Crippen LogP) is 5.01. The van der Waals surface area contributed by atoms with Crippen molar-refractivity contribution in [3.63, 3.8) is 0 Å². The van der Waals surface area contributed by atoms with Crippen LogP contribution < -0.4 is 14.1 Å². The second-order valence-corrected chi connectivity index (χ2v) is 23.8. The summed E-state index contributed by atoms with van der Waals surface area (Å²) in [7, 11) is -5.36. The molecule has 0 spiro atoms. The van der Waals surface area contributed by atoms with Gasteiger partial charge in [-0.25, -0.2) is 0 Å². The summed E-state index contributed by atoms with van der Waals surface area (Å²) in [5, 5.41) is 0. The lowest BCUT2D eigenvalue weighted by Gasteiger charge is -2.29. The van der Waals surface area contributed by atoms with Crippen molar-refractivity contribution >= 4 is 30.8 Å². The summed E-state index contributed by atoms with van der Waals surface area (Å²) in [6, 6.07) is 5.64. The van der Waals surface area contributed by atoms with Crippen molar-refractivity contribution in [3.8, 4) is 11.5 Å². The highest BCUT2D eigenvalue weighted by Gasteiger charge is 2.30. The van der Waals surface area contributed by atoms with E-state index in [4.69, 9.17) is 13.6 Å². The Kier molecular flexibility index (Phi) is 8.55. The molecule has 0 saturated carbocycles. The van der Waals surface area contributed by atoms with Crippen LogP contribution in [0.25, 0.3) is 0 Å². The van der Waals surface area contributed by atoms with E-state index in [9.17, 15) is 4.79 Å². The van der Waals surface area contributed by atoms with E-state index < -0.39 is 24.9 Å². The van der Waals surface area contributed by atoms with E-state index >= 15 is 0 Å². The van der Waals surface area contributed by atoms with Crippen molar-refractivity contribution < 1.29 is 18.4 Å². The molecule has 1 aromatic rings. The molecule has 0 unspecified atom stereocenters. The average Bonchev–Trinajstić information content (AvgIpc) is 2.45. The molecule has 0 saturated heterocycles. The van der Waals surface area contributed by atoms with Crippen molar-refractivity contribution in [2.75, 3.05) is 6.61 Å². The standard InChI is InChI=1S/C20H39NO4Si3/c1-11-23-19-15-16(12-13-18(19)24-27(5,6)7)14-17(21-26(2,3)4)20(22)25-28(8,9)10/h12-13,15,17,21H,11,14H2,1-10H3/t17-/m0/s1. The summed E-state index contributed by atoms with van der Waals surface area (Å²) >= 11 is 0. The van der Waals surface area contributed by atoms with Gasteiger partial charge in [0, 0.05) is 0 Å². The number of hydrogen-bond acceptors (Lipinski definition) is 5. The molecule has 28 heavy (non-hydrogen) atoms. The molecule has 0 radical (unpaired) electrons. The Balaban J connectivity index is 3.12. The Morgan fingerprint density at radius 2 is 1.57 bits per heavy atom. The van der Waals surface area contributed by atoms with Gasteiger partial charge in [0.15, 0.2) is 5.75 Å². The van der Waals surface area contributed by atoms with Gasteiger partial charge in [-0.15, -0.1) is 0 Å². The van der Waals surface area contributed by atoms with Crippen LogP contribution in [0.2, 0.25) is 58.9 Å². The number of ether oxygens (including phenoxy) is 1. The minimum Gasteiger partial charge on any atom is -0.542 e. The maximum atomic E-state index is 12.8. The molecule has 5 nitrogen and oxygen atoms in total. The third-order valence-electron chi connectivity index (χ3n) is 3.46. The highest BCUT2D eigenvalue weighted by atomic mass is 28.4. The van der Waals surface area contributed by atoms with Crippen LogP contribution in [0.15, 0.2) is 18.2 Å². The molecule has 1 atom stereocenters. The second kappa shape index (κ2) is 9.60. The zero-order chi connectivity index (χ0) is 21.8. The lowest BCUT2D eigenvalue weighted by atomic mass is 10.1. The highest BCUT2D eigenvalue weighted by Crippen LogP contribution is 2.31. The quantitative estimate of drug-likeness (QED) is 0.517. The van der Waals surface area contributed by atoms with Gasteiger partial charge in [-0.05, 0) is 70.3 Å². The number of carbonyl (C=O) groups is 1. The van der Waals surface area contributed by atoms with Crippen LogP contribution in [0, 0.1) is 0 Å². The summed E-state index contributed by atoms with van der Waals surface area (Å²) < 4.78 is 17.8. The molecule has 0 aliphatic heterocycles. The minimum atomic E-state index is -1.95. The van der Waals surface area contributed by atoms with E-state index in [0.717, 1.165) is 17.1 Å². The number of rotatable bonds is 10. The Bertz CT molecular complexity index is 661. The Morgan fingerprint density at radius 3 is 2.04 bits per heavy atom. The summed E-state index contributed by atoms with van der Waals surface area (Å²) in [6.45, 7) is 21.7. The predicted molar refractivity (Wildman–Crippen MR) is 125 cm³/mol. The van der Waals surface area contributed by atoms with Crippen LogP contribution in [0.4, 0.5) is 0 Å². The van der Waals surface area contributed by atoms with Gasteiger partial charge in [0.1, 0.15) is 20.0 Å². The normalized spacial score (nSPS) is 13.8. The molecule has 0 fully saturated rings. The first-order chi connectivity index (χ1) is 12.6. The van der Waals surface area contributed by atoms with Gasteiger partial charge < -0.3 is 18.6 Å². The molecular formula is C20H39NO4Si3. The van der Waals surface area contributed by atoms with E-state index in [1.165, 1.54) is 0 Å². The molecule has 1 aromatic carbocycles. The smallest absolute Gasteiger partial charge is 0.309 e. The molecule has 1 N–H and O–H groups in total. The summed E-state index contributed by atoms with van der Waals surface area (Å²) in [5.74, 6) is 1.37. The first-order valence-corrected chi connectivity index (χ1v) is 20.4. The van der Waals surface area contributed by atoms with Gasteiger partial charge in [-0.3, -0.25) is 4.79 Å². The third kappa shape index (κ3) is 9.90. The monoisotopic (exact) mass is 441 g/mol. The fraction of sp³-hybridized carbons (Fsp3) is 0.650. The van der Waals surface area contributed by atoms with E-state index in [0.29, 0.717) is 13.0 Å². The van der Waals surface area contributed by atoms with Gasteiger partial charge >= 0.3 is 5.97 Å². The molecule has 0 aliphatic rings. The zero-order valence-electron chi connectivity index (χ0n) is 19.4.